The normalized spacial score (nSPS) is 11.6. The summed E-state index contributed by atoms with van der Waals surface area (Å²) in [5, 5.41) is 12.8. The van der Waals surface area contributed by atoms with Crippen LogP contribution in [0.1, 0.15) is 39.4 Å². The summed E-state index contributed by atoms with van der Waals surface area (Å²) >= 11 is 1.24. The molecule has 2 rings (SSSR count). The lowest BCUT2D eigenvalue weighted by molar-refractivity contribution is -0.156. The Bertz CT molecular complexity index is 830. The Morgan fingerprint density at radius 3 is 2.44 bits per heavy atom. The molecule has 2 N–H and O–H groups in total. The second-order valence-corrected chi connectivity index (χ2v) is 6.90. The predicted molar refractivity (Wildman–Crippen MR) is 101 cm³/mol. The van der Waals surface area contributed by atoms with Gasteiger partial charge in [0.25, 0.3) is 5.91 Å². The standard InChI is InChI=1S/C19H21NO6S/c1-4-25-18(23)15-11(2)12(3)27-17(15)20-14(21)10-26-19(24)16(22)13-8-6-5-7-9-13/h5-9,16,22H,4,10H2,1-3H3,(H,20,21)/t16-/m0/s1. The van der Waals surface area contributed by atoms with Crippen molar-refractivity contribution in [2.75, 3.05) is 18.5 Å². The van der Waals surface area contributed by atoms with E-state index >= 15 is 0 Å². The summed E-state index contributed by atoms with van der Waals surface area (Å²) in [5.41, 5.74) is 1.39. The van der Waals surface area contributed by atoms with Crippen LogP contribution in [0.5, 0.6) is 0 Å². The number of esters is 2. The molecule has 0 fully saturated rings. The number of aliphatic hydroxyl groups is 1. The van der Waals surface area contributed by atoms with Crippen molar-refractivity contribution >= 4 is 34.2 Å². The minimum absolute atomic E-state index is 0.218. The summed E-state index contributed by atoms with van der Waals surface area (Å²) in [7, 11) is 0. The van der Waals surface area contributed by atoms with E-state index < -0.39 is 30.6 Å². The maximum Gasteiger partial charge on any atom is 0.341 e. The fraction of sp³-hybridized carbons (Fsp3) is 0.316. The lowest BCUT2D eigenvalue weighted by atomic mass is 10.1. The molecule has 0 saturated carbocycles. The summed E-state index contributed by atoms with van der Waals surface area (Å²) in [4.78, 5) is 37.0. The number of aliphatic hydroxyl groups excluding tert-OH is 1. The van der Waals surface area contributed by atoms with Crippen LogP contribution in [0.4, 0.5) is 5.00 Å². The number of carbonyl (C=O) groups is 3. The third-order valence-corrected chi connectivity index (χ3v) is 4.92. The Morgan fingerprint density at radius 2 is 1.81 bits per heavy atom. The van der Waals surface area contributed by atoms with Crippen molar-refractivity contribution in [3.63, 3.8) is 0 Å². The zero-order valence-electron chi connectivity index (χ0n) is 15.3. The molecule has 0 radical (unpaired) electrons. The molecule has 0 unspecified atom stereocenters. The smallest absolute Gasteiger partial charge is 0.341 e. The molecule has 0 aliphatic carbocycles. The molecule has 0 aliphatic rings. The highest BCUT2D eigenvalue weighted by molar-refractivity contribution is 7.16. The van der Waals surface area contributed by atoms with Crippen LogP contribution >= 0.6 is 11.3 Å². The van der Waals surface area contributed by atoms with Crippen LogP contribution in [0.2, 0.25) is 0 Å². The number of nitrogens with one attached hydrogen (secondary N) is 1. The SMILES string of the molecule is CCOC(=O)c1c(NC(=O)COC(=O)[C@@H](O)c2ccccc2)sc(C)c1C. The first-order chi connectivity index (χ1) is 12.8. The van der Waals surface area contributed by atoms with Gasteiger partial charge in [0.2, 0.25) is 0 Å². The fourth-order valence-electron chi connectivity index (χ4n) is 2.31. The van der Waals surface area contributed by atoms with E-state index in [0.29, 0.717) is 16.1 Å². The van der Waals surface area contributed by atoms with Gasteiger partial charge in [0.15, 0.2) is 12.7 Å². The molecule has 7 nitrogen and oxygen atoms in total. The summed E-state index contributed by atoms with van der Waals surface area (Å²) in [6, 6.07) is 8.26. The molecule has 0 bridgehead atoms. The average Bonchev–Trinajstić information content (AvgIpc) is 2.93. The molecule has 27 heavy (non-hydrogen) atoms. The van der Waals surface area contributed by atoms with Gasteiger partial charge < -0.3 is 19.9 Å². The van der Waals surface area contributed by atoms with Gasteiger partial charge in [0.1, 0.15) is 5.00 Å². The molecule has 1 aromatic carbocycles. The van der Waals surface area contributed by atoms with E-state index in [1.165, 1.54) is 11.3 Å². The van der Waals surface area contributed by atoms with E-state index in [1.807, 2.05) is 6.92 Å². The molecule has 144 valence electrons. The maximum atomic E-state index is 12.1. The van der Waals surface area contributed by atoms with Gasteiger partial charge in [0, 0.05) is 4.88 Å². The van der Waals surface area contributed by atoms with Gasteiger partial charge in [0.05, 0.1) is 12.2 Å². The van der Waals surface area contributed by atoms with Crippen LogP contribution in [-0.4, -0.2) is 36.2 Å². The monoisotopic (exact) mass is 391 g/mol. The third kappa shape index (κ3) is 5.15. The topological polar surface area (TPSA) is 102 Å². The van der Waals surface area contributed by atoms with E-state index in [2.05, 4.69) is 5.32 Å². The van der Waals surface area contributed by atoms with Crippen molar-refractivity contribution in [2.24, 2.45) is 0 Å². The Kier molecular flexibility index (Phi) is 7.09. The third-order valence-electron chi connectivity index (χ3n) is 3.80. The first-order valence-electron chi connectivity index (χ1n) is 8.31. The highest BCUT2D eigenvalue weighted by atomic mass is 32.1. The quantitative estimate of drug-likeness (QED) is 0.704. The van der Waals surface area contributed by atoms with Crippen molar-refractivity contribution in [3.05, 3.63) is 51.9 Å². The lowest BCUT2D eigenvalue weighted by Gasteiger charge is -2.11. The van der Waals surface area contributed by atoms with Gasteiger partial charge in [-0.1, -0.05) is 30.3 Å². The van der Waals surface area contributed by atoms with Crippen molar-refractivity contribution in [3.8, 4) is 0 Å². The maximum absolute atomic E-state index is 12.1. The van der Waals surface area contributed by atoms with Crippen LogP contribution in [0.25, 0.3) is 0 Å². The van der Waals surface area contributed by atoms with Gasteiger partial charge in [-0.25, -0.2) is 9.59 Å². The van der Waals surface area contributed by atoms with Gasteiger partial charge >= 0.3 is 11.9 Å². The number of anilines is 1. The van der Waals surface area contributed by atoms with E-state index in [4.69, 9.17) is 9.47 Å². The van der Waals surface area contributed by atoms with Crippen LogP contribution in [0.3, 0.4) is 0 Å². The van der Waals surface area contributed by atoms with E-state index in [-0.39, 0.29) is 6.61 Å². The van der Waals surface area contributed by atoms with E-state index in [9.17, 15) is 19.5 Å². The van der Waals surface area contributed by atoms with Crippen molar-refractivity contribution in [1.29, 1.82) is 0 Å². The van der Waals surface area contributed by atoms with Crippen LogP contribution in [0.15, 0.2) is 30.3 Å². The number of amides is 1. The molecular formula is C19H21NO6S. The van der Waals surface area contributed by atoms with Crippen molar-refractivity contribution < 1.29 is 29.0 Å². The first kappa shape index (κ1) is 20.6. The molecule has 0 aliphatic heterocycles. The number of hydrogen-bond donors (Lipinski definition) is 2. The number of carbonyl (C=O) groups excluding carboxylic acids is 3. The lowest BCUT2D eigenvalue weighted by Crippen LogP contribution is -2.24. The number of hydrogen-bond acceptors (Lipinski definition) is 7. The minimum Gasteiger partial charge on any atom is -0.462 e. The summed E-state index contributed by atoms with van der Waals surface area (Å²) < 4.78 is 9.89. The van der Waals surface area contributed by atoms with Crippen molar-refractivity contribution in [1.82, 2.24) is 0 Å². The molecule has 1 heterocycles. The van der Waals surface area contributed by atoms with Gasteiger partial charge in [-0.3, -0.25) is 4.79 Å². The summed E-state index contributed by atoms with van der Waals surface area (Å²) in [6.07, 6.45) is -1.47. The minimum atomic E-state index is -1.47. The highest BCUT2D eigenvalue weighted by Crippen LogP contribution is 2.33. The highest BCUT2D eigenvalue weighted by Gasteiger charge is 2.23. The molecule has 8 heteroatoms. The zero-order chi connectivity index (χ0) is 20.0. The number of rotatable bonds is 7. The molecule has 1 amide bonds. The molecule has 2 aromatic rings. The van der Waals surface area contributed by atoms with Gasteiger partial charge in [-0.2, -0.15) is 0 Å². The largest absolute Gasteiger partial charge is 0.462 e. The van der Waals surface area contributed by atoms with E-state index in [0.717, 1.165) is 10.4 Å². The first-order valence-corrected chi connectivity index (χ1v) is 9.13. The second-order valence-electron chi connectivity index (χ2n) is 5.68. The molecule has 0 saturated heterocycles. The summed E-state index contributed by atoms with van der Waals surface area (Å²) in [6.45, 7) is 4.93. The Labute approximate surface area is 160 Å². The van der Waals surface area contributed by atoms with E-state index in [1.54, 1.807) is 44.2 Å². The number of aryl methyl sites for hydroxylation is 1. The second kappa shape index (κ2) is 9.29. The molecule has 1 atom stereocenters. The van der Waals surface area contributed by atoms with Crippen LogP contribution in [0, 0.1) is 13.8 Å². The number of ether oxygens (including phenoxy) is 2. The molecule has 1 aromatic heterocycles. The summed E-state index contributed by atoms with van der Waals surface area (Å²) in [5.74, 6) is -2.07. The Hall–Kier alpha value is -2.71. The number of benzene rings is 1. The fourth-order valence-corrected chi connectivity index (χ4v) is 3.38. The number of thiophene rings is 1. The van der Waals surface area contributed by atoms with Crippen molar-refractivity contribution in [2.45, 2.75) is 26.9 Å². The van der Waals surface area contributed by atoms with Gasteiger partial charge in [-0.15, -0.1) is 11.3 Å². The molecular weight excluding hydrogens is 370 g/mol. The average molecular weight is 391 g/mol. The Balaban J connectivity index is 1.99. The van der Waals surface area contributed by atoms with Gasteiger partial charge in [-0.05, 0) is 31.9 Å². The predicted octanol–water partition coefficient (Wildman–Crippen LogP) is 2.76. The molecule has 0 spiro atoms. The van der Waals surface area contributed by atoms with Crippen LogP contribution in [-0.2, 0) is 19.1 Å². The van der Waals surface area contributed by atoms with Crippen LogP contribution < -0.4 is 5.32 Å². The zero-order valence-corrected chi connectivity index (χ0v) is 16.1. The Morgan fingerprint density at radius 1 is 1.15 bits per heavy atom.